The Morgan fingerprint density at radius 1 is 1.10 bits per heavy atom. The van der Waals surface area contributed by atoms with Crippen LogP contribution in [-0.2, 0) is 4.74 Å². The molecule has 0 aromatic heterocycles. The second-order valence-electron chi connectivity index (χ2n) is 7.23. The summed E-state index contributed by atoms with van der Waals surface area (Å²) in [4.78, 5) is 12.9. The number of nitrogens with two attached hydrogens (primary N) is 1. The van der Waals surface area contributed by atoms with Crippen molar-refractivity contribution in [3.05, 3.63) is 42.5 Å². The first-order valence-electron chi connectivity index (χ1n) is 8.63. The van der Waals surface area contributed by atoms with Gasteiger partial charge in [0, 0.05) is 18.0 Å². The molecule has 0 unspecified atom stereocenters. The van der Waals surface area contributed by atoms with Gasteiger partial charge in [-0.15, -0.1) is 8.78 Å². The average molecular weight is 425 g/mol. The molecule has 0 aliphatic carbocycles. The van der Waals surface area contributed by atoms with Crippen LogP contribution in [0, 0.1) is 0 Å². The molecule has 2 N–H and O–H groups in total. The summed E-state index contributed by atoms with van der Waals surface area (Å²) in [5, 5.41) is 0.929. The normalized spacial score (nSPS) is 14.4. The van der Waals surface area contributed by atoms with Gasteiger partial charge >= 0.3 is 12.4 Å². The van der Waals surface area contributed by atoms with E-state index < -0.39 is 18.0 Å². The molecule has 7 nitrogen and oxygen atoms in total. The van der Waals surface area contributed by atoms with Gasteiger partial charge in [0.2, 0.25) is 0 Å². The fourth-order valence-corrected chi connectivity index (χ4v) is 3.30. The van der Waals surface area contributed by atoms with E-state index in [1.54, 1.807) is 56.4 Å². The lowest BCUT2D eigenvalue weighted by atomic mass is 10.2. The van der Waals surface area contributed by atoms with Crippen LogP contribution >= 0.6 is 11.9 Å². The van der Waals surface area contributed by atoms with Crippen LogP contribution in [0.3, 0.4) is 0 Å². The second-order valence-corrected chi connectivity index (χ2v) is 8.44. The predicted octanol–water partition coefficient (Wildman–Crippen LogP) is 4.77. The van der Waals surface area contributed by atoms with Gasteiger partial charge in [0.15, 0.2) is 11.5 Å². The number of hydrogen-bond acceptors (Lipinski definition) is 7. The number of rotatable bonds is 4. The standard InChI is InChI=1S/C19H21F2N3O4S/c1-18(2,3)28-17(25)24(22)13-6-5-7-14(10-13)29-23(4)12-8-9-15-16(11-12)27-19(20,21)26-15/h5-11H,22H2,1-4H3. The summed E-state index contributed by atoms with van der Waals surface area (Å²) in [7, 11) is 1.76. The highest BCUT2D eigenvalue weighted by atomic mass is 32.2. The van der Waals surface area contributed by atoms with Crippen LogP contribution in [0.25, 0.3) is 0 Å². The van der Waals surface area contributed by atoms with Crippen molar-refractivity contribution < 1.29 is 27.8 Å². The Morgan fingerprint density at radius 2 is 1.79 bits per heavy atom. The first-order chi connectivity index (χ1) is 13.4. The van der Waals surface area contributed by atoms with Gasteiger partial charge in [-0.3, -0.25) is 0 Å². The molecule has 0 fully saturated rings. The quantitative estimate of drug-likeness (QED) is 0.327. The van der Waals surface area contributed by atoms with E-state index in [0.29, 0.717) is 11.4 Å². The smallest absolute Gasteiger partial charge is 0.442 e. The third-order valence-electron chi connectivity index (χ3n) is 3.68. The molecular weight excluding hydrogens is 404 g/mol. The van der Waals surface area contributed by atoms with Crippen molar-refractivity contribution in [3.63, 3.8) is 0 Å². The fraction of sp³-hybridized carbons (Fsp3) is 0.316. The molecule has 0 saturated carbocycles. The van der Waals surface area contributed by atoms with Crippen LogP contribution in [-0.4, -0.2) is 25.0 Å². The van der Waals surface area contributed by atoms with Crippen LogP contribution in [0.15, 0.2) is 47.4 Å². The summed E-state index contributed by atoms with van der Waals surface area (Å²) in [6, 6.07) is 11.5. The van der Waals surface area contributed by atoms with Gasteiger partial charge in [-0.05, 0) is 63.1 Å². The van der Waals surface area contributed by atoms with Crippen molar-refractivity contribution in [2.75, 3.05) is 16.4 Å². The lowest BCUT2D eigenvalue weighted by molar-refractivity contribution is -0.286. The highest BCUT2D eigenvalue weighted by Crippen LogP contribution is 2.43. The van der Waals surface area contributed by atoms with Crippen LogP contribution in [0.2, 0.25) is 0 Å². The molecule has 0 spiro atoms. The number of anilines is 2. The Kier molecular flexibility index (Phi) is 5.50. The molecule has 156 valence electrons. The van der Waals surface area contributed by atoms with Gasteiger partial charge in [0.1, 0.15) is 5.60 Å². The number of nitrogens with zero attached hydrogens (tertiary/aromatic N) is 2. The second kappa shape index (κ2) is 7.60. The van der Waals surface area contributed by atoms with Gasteiger partial charge in [0.25, 0.3) is 0 Å². The zero-order valence-electron chi connectivity index (χ0n) is 16.3. The Morgan fingerprint density at radius 3 is 2.48 bits per heavy atom. The number of carbonyl (C=O) groups is 1. The molecule has 0 radical (unpaired) electrons. The number of halogens is 2. The van der Waals surface area contributed by atoms with E-state index in [1.165, 1.54) is 24.1 Å². The Labute approximate surface area is 171 Å². The van der Waals surface area contributed by atoms with Gasteiger partial charge in [-0.2, -0.15) is 0 Å². The first kappa shape index (κ1) is 21.0. The molecule has 0 saturated heterocycles. The summed E-state index contributed by atoms with van der Waals surface area (Å²) in [6.45, 7) is 5.25. The van der Waals surface area contributed by atoms with Crippen LogP contribution < -0.4 is 24.6 Å². The Bertz CT molecular complexity index is 921. The van der Waals surface area contributed by atoms with Crippen molar-refractivity contribution in [3.8, 4) is 11.5 Å². The SMILES string of the molecule is CN(Sc1cccc(N(N)C(=O)OC(C)(C)C)c1)c1ccc2c(c1)OC(F)(F)O2. The van der Waals surface area contributed by atoms with Gasteiger partial charge in [-0.1, -0.05) is 6.07 Å². The number of hydrazine groups is 1. The summed E-state index contributed by atoms with van der Waals surface area (Å²) in [5.74, 6) is 5.82. The third-order valence-corrected chi connectivity index (χ3v) is 4.63. The number of hydrogen-bond donors (Lipinski definition) is 1. The van der Waals surface area contributed by atoms with Gasteiger partial charge < -0.3 is 18.5 Å². The van der Waals surface area contributed by atoms with Crippen LogP contribution in [0.5, 0.6) is 11.5 Å². The van der Waals surface area contributed by atoms with E-state index in [0.717, 1.165) is 9.90 Å². The Balaban J connectivity index is 1.71. The van der Waals surface area contributed by atoms with Crippen molar-refractivity contribution in [1.82, 2.24) is 0 Å². The largest absolute Gasteiger partial charge is 0.586 e. The van der Waals surface area contributed by atoms with Crippen LogP contribution in [0.4, 0.5) is 25.0 Å². The van der Waals surface area contributed by atoms with E-state index in [9.17, 15) is 13.6 Å². The van der Waals surface area contributed by atoms with E-state index in [4.69, 9.17) is 10.6 Å². The number of ether oxygens (including phenoxy) is 3. The minimum absolute atomic E-state index is 0.0183. The minimum atomic E-state index is -3.66. The topological polar surface area (TPSA) is 77.3 Å². The third kappa shape index (κ3) is 5.21. The van der Waals surface area contributed by atoms with E-state index in [1.807, 2.05) is 6.07 Å². The molecule has 2 aromatic rings. The number of fused-ring (bicyclic) bond motifs is 1. The number of carbonyl (C=O) groups excluding carboxylic acids is 1. The molecule has 29 heavy (non-hydrogen) atoms. The summed E-state index contributed by atoms with van der Waals surface area (Å²) >= 11 is 1.31. The first-order valence-corrected chi connectivity index (χ1v) is 9.40. The average Bonchev–Trinajstić information content (AvgIpc) is 2.92. The fourth-order valence-electron chi connectivity index (χ4n) is 2.45. The van der Waals surface area contributed by atoms with Crippen molar-refractivity contribution in [2.45, 2.75) is 37.6 Å². The van der Waals surface area contributed by atoms with Crippen molar-refractivity contribution in [2.24, 2.45) is 5.84 Å². The molecule has 10 heteroatoms. The lowest BCUT2D eigenvalue weighted by Crippen LogP contribution is -2.41. The molecule has 0 atom stereocenters. The summed E-state index contributed by atoms with van der Waals surface area (Å²) < 4.78 is 42.3. The maximum absolute atomic E-state index is 13.2. The van der Waals surface area contributed by atoms with Crippen LogP contribution in [0.1, 0.15) is 20.8 Å². The number of alkyl halides is 2. The van der Waals surface area contributed by atoms with Crippen molar-refractivity contribution in [1.29, 1.82) is 0 Å². The van der Waals surface area contributed by atoms with E-state index >= 15 is 0 Å². The summed E-state index contributed by atoms with van der Waals surface area (Å²) in [6.07, 6.45) is -4.34. The van der Waals surface area contributed by atoms with Gasteiger partial charge in [-0.25, -0.2) is 15.6 Å². The summed E-state index contributed by atoms with van der Waals surface area (Å²) in [5.41, 5.74) is 0.400. The van der Waals surface area contributed by atoms with Gasteiger partial charge in [0.05, 0.1) is 11.4 Å². The number of benzene rings is 2. The Hall–Kier alpha value is -2.72. The number of amides is 1. The highest BCUT2D eigenvalue weighted by molar-refractivity contribution is 8.00. The molecule has 2 aromatic carbocycles. The monoisotopic (exact) mass is 425 g/mol. The molecule has 1 aliphatic heterocycles. The molecule has 1 aliphatic rings. The molecule has 1 amide bonds. The molecule has 1 heterocycles. The zero-order chi connectivity index (χ0) is 21.4. The maximum Gasteiger partial charge on any atom is 0.586 e. The maximum atomic E-state index is 13.2. The zero-order valence-corrected chi connectivity index (χ0v) is 17.1. The molecule has 3 rings (SSSR count). The molecular formula is C19H21F2N3O4S. The predicted molar refractivity (Wildman–Crippen MR) is 106 cm³/mol. The molecule has 0 bridgehead atoms. The van der Waals surface area contributed by atoms with Crippen molar-refractivity contribution >= 4 is 29.4 Å². The minimum Gasteiger partial charge on any atom is -0.442 e. The lowest BCUT2D eigenvalue weighted by Gasteiger charge is -2.24. The van der Waals surface area contributed by atoms with E-state index in [-0.39, 0.29) is 11.5 Å². The van der Waals surface area contributed by atoms with E-state index in [2.05, 4.69) is 9.47 Å². The highest BCUT2D eigenvalue weighted by Gasteiger charge is 2.43.